The highest BCUT2D eigenvalue weighted by Crippen LogP contribution is 2.39. The minimum Gasteiger partial charge on any atom is -0.492 e. The lowest BCUT2D eigenvalue weighted by atomic mass is 9.82. The molecule has 1 saturated heterocycles. The minimum absolute atomic E-state index is 0.106. The second-order valence-electron chi connectivity index (χ2n) is 8.57. The van der Waals surface area contributed by atoms with E-state index >= 15 is 0 Å². The van der Waals surface area contributed by atoms with Crippen molar-refractivity contribution in [1.29, 1.82) is 0 Å². The number of halogens is 3. The zero-order valence-corrected chi connectivity index (χ0v) is 18.0. The number of carboxylic acids is 1. The normalized spacial score (nSPS) is 23.8. The molecule has 2 aliphatic rings. The number of hydrogen-bond donors (Lipinski definition) is 1. The van der Waals surface area contributed by atoms with E-state index in [0.717, 1.165) is 5.69 Å². The van der Waals surface area contributed by atoms with E-state index in [2.05, 4.69) is 14.9 Å². The maximum absolute atomic E-state index is 12.8. The first-order valence-electron chi connectivity index (χ1n) is 11.0. The van der Waals surface area contributed by atoms with E-state index in [1.165, 1.54) is 6.20 Å². The standard InChI is InChI=1S/C23H26F3N3O4/c24-23(25,26)18-3-1-15(2-4-18)14-33-20-8-19(11-28-12-20)29-5-6-32-21(13-29)16-7-17(22(30)31)10-27-9-16/h7-12,15,18,21H,1-6,13-14H2,(H,30,31). The molecular formula is C23H26F3N3O4. The maximum atomic E-state index is 12.8. The number of alkyl halides is 3. The van der Waals surface area contributed by atoms with Crippen LogP contribution < -0.4 is 9.64 Å². The molecule has 1 atom stereocenters. The molecule has 3 heterocycles. The summed E-state index contributed by atoms with van der Waals surface area (Å²) >= 11 is 0. The van der Waals surface area contributed by atoms with Crippen molar-refractivity contribution in [3.63, 3.8) is 0 Å². The molecule has 178 valence electrons. The van der Waals surface area contributed by atoms with E-state index in [-0.39, 0.29) is 30.4 Å². The molecule has 7 nitrogen and oxygen atoms in total. The number of ether oxygens (including phenoxy) is 2. The highest BCUT2D eigenvalue weighted by Gasteiger charge is 2.41. The SMILES string of the molecule is O=C(O)c1cncc(C2CN(c3cncc(OCC4CCC(C(F)(F)F)CC4)c3)CCO2)c1. The molecule has 0 radical (unpaired) electrons. The predicted octanol–water partition coefficient (Wildman–Crippen LogP) is 4.50. The van der Waals surface area contributed by atoms with Gasteiger partial charge in [-0.25, -0.2) is 4.79 Å². The molecule has 0 spiro atoms. The number of aromatic nitrogens is 2. The lowest BCUT2D eigenvalue weighted by Gasteiger charge is -2.34. The van der Waals surface area contributed by atoms with E-state index in [0.29, 0.717) is 50.5 Å². The van der Waals surface area contributed by atoms with Gasteiger partial charge in [0.05, 0.1) is 42.8 Å². The van der Waals surface area contributed by atoms with Gasteiger partial charge in [-0.2, -0.15) is 13.2 Å². The Morgan fingerprint density at radius 3 is 2.61 bits per heavy atom. The van der Waals surface area contributed by atoms with Gasteiger partial charge in [0.15, 0.2) is 0 Å². The summed E-state index contributed by atoms with van der Waals surface area (Å²) < 4.78 is 50.3. The van der Waals surface area contributed by atoms with Gasteiger partial charge < -0.3 is 19.5 Å². The first-order valence-corrected chi connectivity index (χ1v) is 11.0. The molecule has 2 fully saturated rings. The van der Waals surface area contributed by atoms with Gasteiger partial charge in [-0.05, 0) is 37.7 Å². The van der Waals surface area contributed by atoms with Gasteiger partial charge >= 0.3 is 12.1 Å². The zero-order chi connectivity index (χ0) is 23.4. The summed E-state index contributed by atoms with van der Waals surface area (Å²) in [6.07, 6.45) is 3.10. The van der Waals surface area contributed by atoms with Gasteiger partial charge in [-0.1, -0.05) is 0 Å². The molecule has 1 saturated carbocycles. The molecule has 1 N–H and O–H groups in total. The van der Waals surface area contributed by atoms with Crippen LogP contribution in [0.3, 0.4) is 0 Å². The van der Waals surface area contributed by atoms with Crippen LogP contribution in [0.1, 0.15) is 47.7 Å². The Morgan fingerprint density at radius 2 is 1.88 bits per heavy atom. The number of anilines is 1. The smallest absolute Gasteiger partial charge is 0.391 e. The van der Waals surface area contributed by atoms with Gasteiger partial charge in [0.2, 0.25) is 0 Å². The molecular weight excluding hydrogens is 439 g/mol. The van der Waals surface area contributed by atoms with Crippen molar-refractivity contribution < 1.29 is 32.5 Å². The number of carbonyl (C=O) groups is 1. The fraction of sp³-hybridized carbons (Fsp3) is 0.522. The lowest BCUT2D eigenvalue weighted by Crippen LogP contribution is -2.38. The summed E-state index contributed by atoms with van der Waals surface area (Å²) in [7, 11) is 0. The van der Waals surface area contributed by atoms with Crippen LogP contribution in [0.15, 0.2) is 36.9 Å². The quantitative estimate of drug-likeness (QED) is 0.672. The van der Waals surface area contributed by atoms with Gasteiger partial charge in [-0.15, -0.1) is 0 Å². The summed E-state index contributed by atoms with van der Waals surface area (Å²) in [5.41, 5.74) is 1.63. The fourth-order valence-electron chi connectivity index (χ4n) is 4.37. The van der Waals surface area contributed by atoms with E-state index in [1.807, 2.05) is 6.07 Å². The third-order valence-corrected chi connectivity index (χ3v) is 6.30. The molecule has 2 aromatic rings. The number of hydrogen-bond acceptors (Lipinski definition) is 6. The largest absolute Gasteiger partial charge is 0.492 e. The molecule has 0 bridgehead atoms. The first kappa shape index (κ1) is 23.3. The Balaban J connectivity index is 1.35. The zero-order valence-electron chi connectivity index (χ0n) is 18.0. The molecule has 1 aliphatic heterocycles. The summed E-state index contributed by atoms with van der Waals surface area (Å²) in [4.78, 5) is 21.6. The van der Waals surface area contributed by atoms with Gasteiger partial charge in [0.1, 0.15) is 11.9 Å². The highest BCUT2D eigenvalue weighted by atomic mass is 19.4. The van der Waals surface area contributed by atoms with Crippen LogP contribution in [0, 0.1) is 11.8 Å². The second kappa shape index (κ2) is 9.94. The molecule has 10 heteroatoms. The average Bonchev–Trinajstić information content (AvgIpc) is 2.83. The van der Waals surface area contributed by atoms with Crippen molar-refractivity contribution >= 4 is 11.7 Å². The summed E-state index contributed by atoms with van der Waals surface area (Å²) in [6.45, 7) is 1.96. The Hall–Kier alpha value is -2.88. The predicted molar refractivity (Wildman–Crippen MR) is 113 cm³/mol. The van der Waals surface area contributed by atoms with E-state index in [1.54, 1.807) is 24.7 Å². The van der Waals surface area contributed by atoms with Crippen molar-refractivity contribution in [1.82, 2.24) is 9.97 Å². The molecule has 4 rings (SSSR count). The van der Waals surface area contributed by atoms with E-state index < -0.39 is 18.1 Å². The molecule has 2 aromatic heterocycles. The van der Waals surface area contributed by atoms with Crippen molar-refractivity contribution in [3.05, 3.63) is 48.0 Å². The van der Waals surface area contributed by atoms with Crippen LogP contribution in [-0.2, 0) is 4.74 Å². The molecule has 1 unspecified atom stereocenters. The molecule has 33 heavy (non-hydrogen) atoms. The number of nitrogens with zero attached hydrogens (tertiary/aromatic N) is 3. The Kier molecular flexibility index (Phi) is 7.02. The molecule has 0 aromatic carbocycles. The second-order valence-corrected chi connectivity index (χ2v) is 8.57. The van der Waals surface area contributed by atoms with Gasteiger partial charge in [0, 0.05) is 37.1 Å². The Labute approximate surface area is 189 Å². The fourth-order valence-corrected chi connectivity index (χ4v) is 4.37. The summed E-state index contributed by atoms with van der Waals surface area (Å²) in [6, 6.07) is 3.43. The van der Waals surface area contributed by atoms with Gasteiger partial charge in [-0.3, -0.25) is 9.97 Å². The van der Waals surface area contributed by atoms with E-state index in [9.17, 15) is 23.1 Å². The summed E-state index contributed by atoms with van der Waals surface area (Å²) in [5, 5.41) is 9.20. The number of morpholine rings is 1. The lowest BCUT2D eigenvalue weighted by molar-refractivity contribution is -0.184. The van der Waals surface area contributed by atoms with Crippen LogP contribution >= 0.6 is 0 Å². The highest BCUT2D eigenvalue weighted by molar-refractivity contribution is 5.87. The number of aromatic carboxylic acids is 1. The van der Waals surface area contributed by atoms with Crippen molar-refractivity contribution in [2.75, 3.05) is 31.2 Å². The average molecular weight is 465 g/mol. The topological polar surface area (TPSA) is 84.8 Å². The van der Waals surface area contributed by atoms with Crippen LogP contribution in [0.5, 0.6) is 5.75 Å². The number of pyridine rings is 2. The van der Waals surface area contributed by atoms with Crippen molar-refractivity contribution in [3.8, 4) is 5.75 Å². The maximum Gasteiger partial charge on any atom is 0.391 e. The molecule has 1 aliphatic carbocycles. The van der Waals surface area contributed by atoms with Crippen molar-refractivity contribution in [2.45, 2.75) is 38.0 Å². The Bertz CT molecular complexity index is 964. The van der Waals surface area contributed by atoms with Gasteiger partial charge in [0.25, 0.3) is 0 Å². The van der Waals surface area contributed by atoms with Crippen LogP contribution in [-0.4, -0.2) is 53.5 Å². The van der Waals surface area contributed by atoms with Crippen LogP contribution in [0.25, 0.3) is 0 Å². The third kappa shape index (κ3) is 5.93. The first-order chi connectivity index (χ1) is 15.8. The third-order valence-electron chi connectivity index (χ3n) is 6.30. The monoisotopic (exact) mass is 465 g/mol. The van der Waals surface area contributed by atoms with E-state index in [4.69, 9.17) is 9.47 Å². The minimum atomic E-state index is -4.11. The Morgan fingerprint density at radius 1 is 1.12 bits per heavy atom. The van der Waals surface area contributed by atoms with Crippen LogP contribution in [0.2, 0.25) is 0 Å². The van der Waals surface area contributed by atoms with Crippen molar-refractivity contribution in [2.24, 2.45) is 11.8 Å². The summed E-state index contributed by atoms with van der Waals surface area (Å²) in [5.74, 6) is -1.56. The molecule has 0 amide bonds. The van der Waals surface area contributed by atoms with Crippen LogP contribution in [0.4, 0.5) is 18.9 Å². The number of carboxylic acid groups (broad SMARTS) is 1. The number of rotatable bonds is 6.